The van der Waals surface area contributed by atoms with Crippen LogP contribution in [0, 0.1) is 27.7 Å². The zero-order chi connectivity index (χ0) is 29.9. The Bertz CT molecular complexity index is 1490. The lowest BCUT2D eigenvalue weighted by atomic mass is 10.1. The van der Waals surface area contributed by atoms with E-state index in [-0.39, 0.29) is 29.8 Å². The molecule has 0 aliphatic rings. The molecule has 4 aromatic carbocycles. The predicted octanol–water partition coefficient (Wildman–Crippen LogP) is 7.40. The molecular weight excluding hydrogens is 580 g/mol. The van der Waals surface area contributed by atoms with Gasteiger partial charge in [0.15, 0.2) is 16.4 Å². The highest BCUT2D eigenvalue weighted by atomic mass is 79.9. The monoisotopic (exact) mass is 612 g/mol. The van der Waals surface area contributed by atoms with Crippen molar-refractivity contribution in [3.63, 3.8) is 0 Å². The Hall–Kier alpha value is -4.36. The van der Waals surface area contributed by atoms with Gasteiger partial charge in [-0.1, -0.05) is 88.7 Å². The number of alkyl halides is 1. The summed E-state index contributed by atoms with van der Waals surface area (Å²) in [5, 5.41) is 5.53. The van der Waals surface area contributed by atoms with Crippen LogP contribution >= 0.6 is 15.9 Å². The Morgan fingerprint density at radius 3 is 1.49 bits per heavy atom. The van der Waals surface area contributed by atoms with Gasteiger partial charge in [0.1, 0.15) is 0 Å². The lowest BCUT2D eigenvalue weighted by Gasteiger charge is -2.11. The zero-order valence-electron chi connectivity index (χ0n) is 23.5. The van der Waals surface area contributed by atoms with E-state index in [1.165, 1.54) is 0 Å². The van der Waals surface area contributed by atoms with E-state index in [0.717, 1.165) is 27.9 Å². The first-order valence-corrected chi connectivity index (χ1v) is 14.0. The van der Waals surface area contributed by atoms with Crippen LogP contribution < -0.4 is 10.6 Å². The molecule has 0 aromatic heterocycles. The number of ketones is 2. The molecule has 210 valence electrons. The standard InChI is InChI=1S/C17H16BrNO2.C17H17NO2/c1-11-8-12(2)10-14(9-11)19-17(21)15(18)16(20)13-6-4-3-5-7-13;1-12-8-13(2)10-15(9-12)18-17(20)11-16(19)14-6-4-3-5-7-14/h3-10,15H,1-2H3,(H,19,21);3-10H,11H2,1-2H3,(H,18,20). The van der Waals surface area contributed by atoms with Gasteiger partial charge >= 0.3 is 0 Å². The minimum Gasteiger partial charge on any atom is -0.326 e. The van der Waals surface area contributed by atoms with Gasteiger partial charge in [-0.3, -0.25) is 19.2 Å². The fraction of sp³-hybridized carbons (Fsp3) is 0.176. The molecule has 0 fully saturated rings. The first kappa shape index (κ1) is 31.2. The van der Waals surface area contributed by atoms with Gasteiger partial charge in [-0.25, -0.2) is 0 Å². The Morgan fingerprint density at radius 1 is 0.610 bits per heavy atom. The summed E-state index contributed by atoms with van der Waals surface area (Å²) < 4.78 is 0. The summed E-state index contributed by atoms with van der Waals surface area (Å²) in [5.74, 6) is -1.08. The SMILES string of the molecule is Cc1cc(C)cc(NC(=O)C(Br)C(=O)c2ccccc2)c1.Cc1cc(C)cc(NC(=O)CC(=O)c2ccccc2)c1. The summed E-state index contributed by atoms with van der Waals surface area (Å²) in [6, 6.07) is 29.2. The van der Waals surface area contributed by atoms with Crippen molar-refractivity contribution >= 4 is 50.7 Å². The third-order valence-corrected chi connectivity index (χ3v) is 6.76. The molecule has 4 aromatic rings. The van der Waals surface area contributed by atoms with Crippen molar-refractivity contribution in [2.75, 3.05) is 10.6 Å². The summed E-state index contributed by atoms with van der Waals surface area (Å²) in [7, 11) is 0. The fourth-order valence-electron chi connectivity index (χ4n) is 4.24. The number of benzene rings is 4. The minimum absolute atomic E-state index is 0.142. The number of Topliss-reactive ketones (excluding diaryl/α,β-unsaturated/α-hetero) is 2. The molecule has 7 heteroatoms. The number of amides is 2. The van der Waals surface area contributed by atoms with E-state index in [0.29, 0.717) is 16.8 Å². The second-order valence-electron chi connectivity index (χ2n) is 9.85. The third kappa shape index (κ3) is 9.96. The van der Waals surface area contributed by atoms with Crippen molar-refractivity contribution in [3.05, 3.63) is 130 Å². The fourth-order valence-corrected chi connectivity index (χ4v) is 4.62. The molecule has 41 heavy (non-hydrogen) atoms. The molecule has 0 radical (unpaired) electrons. The lowest BCUT2D eigenvalue weighted by Crippen LogP contribution is -2.30. The third-order valence-electron chi connectivity index (χ3n) is 5.93. The van der Waals surface area contributed by atoms with E-state index >= 15 is 0 Å². The summed E-state index contributed by atoms with van der Waals surface area (Å²) in [5.41, 5.74) is 6.77. The quantitative estimate of drug-likeness (QED) is 0.123. The van der Waals surface area contributed by atoms with Crippen molar-refractivity contribution in [3.8, 4) is 0 Å². The molecule has 1 atom stereocenters. The number of nitrogens with one attached hydrogen (secondary N) is 2. The molecule has 0 saturated carbocycles. The highest BCUT2D eigenvalue weighted by molar-refractivity contribution is 9.10. The van der Waals surface area contributed by atoms with Crippen LogP contribution in [0.1, 0.15) is 49.4 Å². The molecule has 0 aliphatic carbocycles. The van der Waals surface area contributed by atoms with Crippen LogP contribution in [-0.4, -0.2) is 28.2 Å². The van der Waals surface area contributed by atoms with E-state index in [1.807, 2.05) is 76.2 Å². The van der Waals surface area contributed by atoms with E-state index in [2.05, 4.69) is 26.6 Å². The van der Waals surface area contributed by atoms with Gasteiger partial charge in [0.2, 0.25) is 11.8 Å². The topological polar surface area (TPSA) is 92.3 Å². The first-order valence-electron chi connectivity index (χ1n) is 13.1. The van der Waals surface area contributed by atoms with Gasteiger partial charge in [0, 0.05) is 22.5 Å². The van der Waals surface area contributed by atoms with Crippen molar-refractivity contribution < 1.29 is 19.2 Å². The molecule has 0 saturated heterocycles. The molecule has 2 N–H and O–H groups in total. The van der Waals surface area contributed by atoms with Gasteiger partial charge in [-0.2, -0.15) is 0 Å². The molecule has 0 heterocycles. The number of hydrogen-bond donors (Lipinski definition) is 2. The molecule has 2 amide bonds. The van der Waals surface area contributed by atoms with Crippen LogP contribution in [0.15, 0.2) is 97.1 Å². The van der Waals surface area contributed by atoms with Crippen LogP contribution in [0.4, 0.5) is 11.4 Å². The first-order chi connectivity index (χ1) is 19.5. The van der Waals surface area contributed by atoms with Crippen molar-refractivity contribution in [1.82, 2.24) is 0 Å². The van der Waals surface area contributed by atoms with Crippen LogP contribution in [0.3, 0.4) is 0 Å². The van der Waals surface area contributed by atoms with E-state index in [9.17, 15) is 19.2 Å². The van der Waals surface area contributed by atoms with Crippen molar-refractivity contribution in [2.24, 2.45) is 0 Å². The van der Waals surface area contributed by atoms with E-state index < -0.39 is 4.83 Å². The molecule has 0 bridgehead atoms. The van der Waals surface area contributed by atoms with Gasteiger partial charge < -0.3 is 10.6 Å². The van der Waals surface area contributed by atoms with E-state index in [4.69, 9.17) is 0 Å². The molecule has 4 rings (SSSR count). The van der Waals surface area contributed by atoms with E-state index in [1.54, 1.807) is 48.5 Å². The number of halogens is 1. The molecule has 0 aliphatic heterocycles. The molecule has 6 nitrogen and oxygen atoms in total. The number of carbonyl (C=O) groups excluding carboxylic acids is 4. The maximum atomic E-state index is 12.2. The Balaban J connectivity index is 0.000000226. The average molecular weight is 614 g/mol. The van der Waals surface area contributed by atoms with Gasteiger partial charge in [0.05, 0.1) is 6.42 Å². The second-order valence-corrected chi connectivity index (χ2v) is 10.8. The minimum atomic E-state index is -0.902. The summed E-state index contributed by atoms with van der Waals surface area (Å²) >= 11 is 3.18. The molecule has 0 spiro atoms. The summed E-state index contributed by atoms with van der Waals surface area (Å²) in [6.45, 7) is 7.86. The van der Waals surface area contributed by atoms with Crippen molar-refractivity contribution in [2.45, 2.75) is 38.9 Å². The predicted molar refractivity (Wildman–Crippen MR) is 168 cm³/mol. The number of aryl methyl sites for hydroxylation is 4. The average Bonchev–Trinajstić information content (AvgIpc) is 2.92. The Morgan fingerprint density at radius 2 is 1.02 bits per heavy atom. The highest BCUT2D eigenvalue weighted by Gasteiger charge is 2.24. The maximum absolute atomic E-state index is 12.2. The van der Waals surface area contributed by atoms with Crippen LogP contribution in [-0.2, 0) is 9.59 Å². The van der Waals surface area contributed by atoms with Gasteiger partial charge in [-0.15, -0.1) is 0 Å². The largest absolute Gasteiger partial charge is 0.326 e. The van der Waals surface area contributed by atoms with Crippen molar-refractivity contribution in [1.29, 1.82) is 0 Å². The number of anilines is 2. The van der Waals surface area contributed by atoms with Gasteiger partial charge in [0.25, 0.3) is 0 Å². The molecule has 1 unspecified atom stereocenters. The van der Waals surface area contributed by atoms with Gasteiger partial charge in [-0.05, 0) is 74.2 Å². The highest BCUT2D eigenvalue weighted by Crippen LogP contribution is 2.17. The van der Waals surface area contributed by atoms with Crippen LogP contribution in [0.2, 0.25) is 0 Å². The maximum Gasteiger partial charge on any atom is 0.246 e. The Labute approximate surface area is 249 Å². The summed E-state index contributed by atoms with van der Waals surface area (Å²) in [6.07, 6.45) is -0.142. The molecular formula is C34H33BrN2O4. The van der Waals surface area contributed by atoms with Crippen LogP contribution in [0.25, 0.3) is 0 Å². The second kappa shape index (κ2) is 14.9. The number of hydrogen-bond acceptors (Lipinski definition) is 4. The Kier molecular flexibility index (Phi) is 11.3. The summed E-state index contributed by atoms with van der Waals surface area (Å²) in [4.78, 5) is 47.3. The smallest absolute Gasteiger partial charge is 0.246 e. The number of carbonyl (C=O) groups is 4. The normalized spacial score (nSPS) is 11.0. The lowest BCUT2D eigenvalue weighted by molar-refractivity contribution is -0.116. The zero-order valence-corrected chi connectivity index (χ0v) is 25.1. The number of rotatable bonds is 8. The van der Waals surface area contributed by atoms with Crippen LogP contribution in [0.5, 0.6) is 0 Å².